The molecule has 3 aromatic carbocycles. The highest BCUT2D eigenvalue weighted by Crippen LogP contribution is 2.38. The highest BCUT2D eigenvalue weighted by Gasteiger charge is 2.21. The van der Waals surface area contributed by atoms with Crippen LogP contribution in [-0.4, -0.2) is 40.6 Å². The average Bonchev–Trinajstić information content (AvgIpc) is 3.45. The van der Waals surface area contributed by atoms with E-state index in [1.807, 2.05) is 36.4 Å². The lowest BCUT2D eigenvalue weighted by Gasteiger charge is -2.18. The first-order valence-electron chi connectivity index (χ1n) is 14.8. The van der Waals surface area contributed by atoms with E-state index >= 15 is 4.39 Å². The molecular formula is C35H35FN6O2. The van der Waals surface area contributed by atoms with E-state index in [0.717, 1.165) is 57.4 Å². The van der Waals surface area contributed by atoms with Gasteiger partial charge in [0.25, 0.3) is 0 Å². The Kier molecular flexibility index (Phi) is 8.47. The molecule has 3 N–H and O–H groups in total. The highest BCUT2D eigenvalue weighted by atomic mass is 19.1. The van der Waals surface area contributed by atoms with Crippen LogP contribution in [0.25, 0.3) is 33.3 Å². The van der Waals surface area contributed by atoms with E-state index in [4.69, 9.17) is 4.74 Å². The molecule has 44 heavy (non-hydrogen) atoms. The smallest absolute Gasteiger partial charge is 0.220 e. The van der Waals surface area contributed by atoms with Crippen molar-refractivity contribution >= 4 is 28.4 Å². The van der Waals surface area contributed by atoms with E-state index in [9.17, 15) is 4.79 Å². The molecule has 1 amide bonds. The van der Waals surface area contributed by atoms with Crippen molar-refractivity contribution in [2.75, 3.05) is 19.0 Å². The van der Waals surface area contributed by atoms with Gasteiger partial charge in [-0.1, -0.05) is 30.3 Å². The highest BCUT2D eigenvalue weighted by molar-refractivity contribution is 5.89. The summed E-state index contributed by atoms with van der Waals surface area (Å²) in [7, 11) is 1.57. The lowest BCUT2D eigenvalue weighted by molar-refractivity contribution is -0.119. The maximum Gasteiger partial charge on any atom is 0.220 e. The van der Waals surface area contributed by atoms with E-state index in [1.165, 1.54) is 0 Å². The zero-order valence-electron chi connectivity index (χ0n) is 25.1. The summed E-state index contributed by atoms with van der Waals surface area (Å²) in [5.41, 5.74) is 8.76. The monoisotopic (exact) mass is 590 g/mol. The van der Waals surface area contributed by atoms with Crippen LogP contribution in [0.15, 0.2) is 73.2 Å². The van der Waals surface area contributed by atoms with E-state index in [2.05, 4.69) is 56.9 Å². The van der Waals surface area contributed by atoms with E-state index in [0.29, 0.717) is 42.2 Å². The molecule has 1 aliphatic heterocycles. The zero-order valence-corrected chi connectivity index (χ0v) is 25.1. The molecule has 8 nitrogen and oxygen atoms in total. The Bertz CT molecular complexity index is 1840. The Morgan fingerprint density at radius 1 is 0.955 bits per heavy atom. The van der Waals surface area contributed by atoms with Gasteiger partial charge >= 0.3 is 0 Å². The Morgan fingerprint density at radius 3 is 2.52 bits per heavy atom. The molecule has 1 fully saturated rings. The third-order valence-corrected chi connectivity index (χ3v) is 8.34. The molecule has 224 valence electrons. The second-order valence-corrected chi connectivity index (χ2v) is 11.1. The van der Waals surface area contributed by atoms with Gasteiger partial charge in [0.05, 0.1) is 12.6 Å². The number of pyridine rings is 1. The standard InChI is InChI=1S/C35H35FN6O2/c1-21-25(23-18-29(36)28(32(19-23)44-3)20-37-14-12-24-10-11-33(43)41-24)6-4-7-26(21)27-8-5-9-30(22(27)2)42-35-34-31(13-15-40-35)38-16-17-39-34/h4-9,13,15-19,24,37H,10-12,14,20H2,1-3H3,(H,40,42)(H,41,43). The van der Waals surface area contributed by atoms with Crippen LogP contribution < -0.4 is 20.7 Å². The minimum atomic E-state index is -0.320. The molecule has 0 radical (unpaired) electrons. The van der Waals surface area contributed by atoms with Crippen molar-refractivity contribution in [2.24, 2.45) is 0 Å². The molecule has 6 rings (SSSR count). The first kappa shape index (κ1) is 29.2. The fourth-order valence-corrected chi connectivity index (χ4v) is 5.92. The summed E-state index contributed by atoms with van der Waals surface area (Å²) in [5.74, 6) is 0.924. The molecule has 3 heterocycles. The number of nitrogens with zero attached hydrogens (tertiary/aromatic N) is 3. The number of aromatic nitrogens is 3. The third-order valence-electron chi connectivity index (χ3n) is 8.34. The first-order chi connectivity index (χ1) is 21.4. The Labute approximate surface area is 256 Å². The molecule has 1 aliphatic rings. The van der Waals surface area contributed by atoms with Crippen molar-refractivity contribution in [3.05, 3.63) is 95.7 Å². The van der Waals surface area contributed by atoms with Gasteiger partial charge in [-0.2, -0.15) is 0 Å². The lowest BCUT2D eigenvalue weighted by atomic mass is 9.90. The molecule has 0 saturated carbocycles. The van der Waals surface area contributed by atoms with E-state index < -0.39 is 0 Å². The largest absolute Gasteiger partial charge is 0.496 e. The fourth-order valence-electron chi connectivity index (χ4n) is 5.92. The molecule has 0 aliphatic carbocycles. The second-order valence-electron chi connectivity index (χ2n) is 11.1. The average molecular weight is 591 g/mol. The van der Waals surface area contributed by atoms with E-state index in [1.54, 1.807) is 31.8 Å². The molecule has 1 saturated heterocycles. The summed E-state index contributed by atoms with van der Waals surface area (Å²) in [6.45, 7) is 5.15. The van der Waals surface area contributed by atoms with Gasteiger partial charge in [0.2, 0.25) is 5.91 Å². The van der Waals surface area contributed by atoms with Gasteiger partial charge in [-0.3, -0.25) is 9.78 Å². The quantitative estimate of drug-likeness (QED) is 0.157. The molecule has 9 heteroatoms. The summed E-state index contributed by atoms with van der Waals surface area (Å²) >= 11 is 0. The summed E-state index contributed by atoms with van der Waals surface area (Å²) in [6, 6.07) is 17.7. The van der Waals surface area contributed by atoms with Gasteiger partial charge in [-0.05, 0) is 90.9 Å². The van der Waals surface area contributed by atoms with Crippen molar-refractivity contribution in [1.82, 2.24) is 25.6 Å². The molecule has 2 aromatic heterocycles. The lowest BCUT2D eigenvalue weighted by Crippen LogP contribution is -2.29. The van der Waals surface area contributed by atoms with Crippen molar-refractivity contribution in [3.8, 4) is 28.0 Å². The predicted octanol–water partition coefficient (Wildman–Crippen LogP) is 6.63. The number of nitrogens with one attached hydrogen (secondary N) is 3. The summed E-state index contributed by atoms with van der Waals surface area (Å²) in [6.07, 6.45) is 7.28. The van der Waals surface area contributed by atoms with Crippen LogP contribution in [-0.2, 0) is 11.3 Å². The predicted molar refractivity (Wildman–Crippen MR) is 171 cm³/mol. The van der Waals surface area contributed by atoms with Gasteiger partial charge in [-0.25, -0.2) is 14.4 Å². The number of fused-ring (bicyclic) bond motifs is 1. The Balaban J connectivity index is 1.25. The minimum Gasteiger partial charge on any atom is -0.496 e. The minimum absolute atomic E-state index is 0.103. The third kappa shape index (κ3) is 5.96. The number of anilines is 2. The van der Waals surface area contributed by atoms with Crippen LogP contribution >= 0.6 is 0 Å². The van der Waals surface area contributed by atoms with E-state index in [-0.39, 0.29) is 17.8 Å². The summed E-state index contributed by atoms with van der Waals surface area (Å²) in [5, 5.41) is 9.73. The SMILES string of the molecule is COc1cc(-c2cccc(-c3cccc(Nc4nccc5nccnc45)c3C)c2C)cc(F)c1CNCCC1CCC(=O)N1. The second kappa shape index (κ2) is 12.8. The van der Waals surface area contributed by atoms with Crippen LogP contribution in [0.5, 0.6) is 5.75 Å². The maximum absolute atomic E-state index is 15.6. The Morgan fingerprint density at radius 2 is 1.73 bits per heavy atom. The molecular weight excluding hydrogens is 555 g/mol. The van der Waals surface area contributed by atoms with Crippen LogP contribution in [0.1, 0.15) is 36.0 Å². The number of hydrogen-bond acceptors (Lipinski definition) is 7. The van der Waals surface area contributed by atoms with Gasteiger partial charge in [0.15, 0.2) is 5.82 Å². The van der Waals surface area contributed by atoms with Crippen LogP contribution in [0.4, 0.5) is 15.9 Å². The number of methoxy groups -OCH3 is 1. The number of rotatable bonds is 10. The molecule has 0 bridgehead atoms. The Hall–Kier alpha value is -4.89. The number of amides is 1. The number of halogens is 1. The number of benzene rings is 3. The summed E-state index contributed by atoms with van der Waals surface area (Å²) in [4.78, 5) is 24.8. The fraction of sp³-hybridized carbons (Fsp3) is 0.257. The van der Waals surface area contributed by atoms with Crippen LogP contribution in [0.3, 0.4) is 0 Å². The number of ether oxygens (including phenoxy) is 1. The van der Waals surface area contributed by atoms with Gasteiger partial charge in [0, 0.05) is 48.8 Å². The molecule has 1 unspecified atom stereocenters. The topological polar surface area (TPSA) is 101 Å². The van der Waals surface area contributed by atoms with Crippen molar-refractivity contribution in [3.63, 3.8) is 0 Å². The summed E-state index contributed by atoms with van der Waals surface area (Å²) < 4.78 is 21.2. The van der Waals surface area contributed by atoms with Crippen LogP contribution in [0, 0.1) is 19.7 Å². The molecule has 0 spiro atoms. The molecule has 5 aromatic rings. The first-order valence-corrected chi connectivity index (χ1v) is 14.8. The normalized spacial score (nSPS) is 14.5. The number of carbonyl (C=O) groups is 1. The van der Waals surface area contributed by atoms with Crippen molar-refractivity contribution in [2.45, 2.75) is 45.7 Å². The number of hydrogen-bond donors (Lipinski definition) is 3. The molecule has 1 atom stereocenters. The van der Waals surface area contributed by atoms with Gasteiger partial charge in [0.1, 0.15) is 17.1 Å². The zero-order chi connectivity index (χ0) is 30.6. The van der Waals surface area contributed by atoms with Crippen molar-refractivity contribution < 1.29 is 13.9 Å². The van der Waals surface area contributed by atoms with Gasteiger partial charge in [-0.15, -0.1) is 0 Å². The number of carbonyl (C=O) groups excluding carboxylic acids is 1. The maximum atomic E-state index is 15.6. The van der Waals surface area contributed by atoms with Crippen molar-refractivity contribution in [1.29, 1.82) is 0 Å². The van der Waals surface area contributed by atoms with Crippen LogP contribution in [0.2, 0.25) is 0 Å². The van der Waals surface area contributed by atoms with Gasteiger partial charge < -0.3 is 20.7 Å².